The van der Waals surface area contributed by atoms with Gasteiger partial charge in [0, 0.05) is 24.1 Å². The first-order chi connectivity index (χ1) is 15.6. The average molecular weight is 429 g/mol. The van der Waals surface area contributed by atoms with E-state index in [1.807, 2.05) is 61.5 Å². The maximum Gasteiger partial charge on any atom is 0.194 e. The smallest absolute Gasteiger partial charge is 0.194 e. The first-order valence-corrected chi connectivity index (χ1v) is 10.5. The molecule has 0 saturated heterocycles. The number of rotatable bonds is 7. The molecule has 0 fully saturated rings. The number of nitrogens with two attached hydrogens (primary N) is 1. The van der Waals surface area contributed by atoms with E-state index in [1.54, 1.807) is 18.2 Å². The molecule has 162 valence electrons. The number of hydrogen-bond donors (Lipinski definition) is 2. The summed E-state index contributed by atoms with van der Waals surface area (Å²) in [6, 6.07) is 26.6. The molecule has 0 spiro atoms. The van der Waals surface area contributed by atoms with Crippen molar-refractivity contribution in [2.24, 2.45) is 10.7 Å². The molecular formula is C26H25FN4O. The summed E-state index contributed by atoms with van der Waals surface area (Å²) in [5.41, 5.74) is 9.38. The Labute approximate surface area is 186 Å². The molecule has 0 aliphatic heterocycles. The molecule has 3 aromatic carbocycles. The molecule has 0 bridgehead atoms. The Morgan fingerprint density at radius 3 is 2.47 bits per heavy atom. The lowest BCUT2D eigenvalue weighted by Crippen LogP contribution is -2.23. The fourth-order valence-corrected chi connectivity index (χ4v) is 3.49. The summed E-state index contributed by atoms with van der Waals surface area (Å²) in [7, 11) is 0. The molecule has 3 N–H and O–H groups in total. The molecule has 1 heterocycles. The fourth-order valence-electron chi connectivity index (χ4n) is 3.49. The maximum atomic E-state index is 14.7. The van der Waals surface area contributed by atoms with Crippen LogP contribution in [0.2, 0.25) is 0 Å². The van der Waals surface area contributed by atoms with Crippen molar-refractivity contribution in [1.29, 1.82) is 0 Å². The summed E-state index contributed by atoms with van der Waals surface area (Å²) in [5, 5.41) is 6.96. The molecular weight excluding hydrogens is 403 g/mol. The average Bonchev–Trinajstić information content (AvgIpc) is 3.28. The lowest BCUT2D eigenvalue weighted by molar-refractivity contribution is 0.378. The molecule has 5 nitrogen and oxygen atoms in total. The molecule has 0 aliphatic rings. The number of hydrogen-bond acceptors (Lipinski definition) is 3. The van der Waals surface area contributed by atoms with Crippen LogP contribution in [0.3, 0.4) is 0 Å². The van der Waals surface area contributed by atoms with Crippen LogP contribution in [0.4, 0.5) is 10.2 Å². The SMILES string of the molecule is CC(c1ccc(-c2ccccc2)c(F)c1)c1cc(NC(N)=NCCc2ccccc2)no1. The topological polar surface area (TPSA) is 76.4 Å². The summed E-state index contributed by atoms with van der Waals surface area (Å²) >= 11 is 0. The van der Waals surface area contributed by atoms with Crippen molar-refractivity contribution in [2.45, 2.75) is 19.3 Å². The normalized spacial score (nSPS) is 12.5. The monoisotopic (exact) mass is 428 g/mol. The quantitative estimate of drug-likeness (QED) is 0.297. The van der Waals surface area contributed by atoms with Crippen LogP contribution < -0.4 is 11.1 Å². The number of guanidine groups is 1. The second-order valence-corrected chi connectivity index (χ2v) is 7.57. The molecule has 1 aromatic heterocycles. The summed E-state index contributed by atoms with van der Waals surface area (Å²) < 4.78 is 20.2. The molecule has 4 aromatic rings. The van der Waals surface area contributed by atoms with Gasteiger partial charge in [-0.25, -0.2) is 4.39 Å². The van der Waals surface area contributed by atoms with E-state index in [0.29, 0.717) is 23.7 Å². The van der Waals surface area contributed by atoms with Crippen molar-refractivity contribution >= 4 is 11.8 Å². The minimum absolute atomic E-state index is 0.173. The predicted octanol–water partition coefficient (Wildman–Crippen LogP) is 5.60. The third kappa shape index (κ3) is 5.21. The lowest BCUT2D eigenvalue weighted by atomic mass is 9.95. The van der Waals surface area contributed by atoms with Crippen LogP contribution in [0.25, 0.3) is 11.1 Å². The highest BCUT2D eigenvalue weighted by Gasteiger charge is 2.17. The van der Waals surface area contributed by atoms with Crippen LogP contribution in [-0.2, 0) is 6.42 Å². The van der Waals surface area contributed by atoms with E-state index in [1.165, 1.54) is 5.56 Å². The zero-order chi connectivity index (χ0) is 22.3. The van der Waals surface area contributed by atoms with Crippen molar-refractivity contribution in [3.05, 3.63) is 108 Å². The first kappa shape index (κ1) is 21.3. The summed E-state index contributed by atoms with van der Waals surface area (Å²) in [5.74, 6) is 0.902. The largest absolute Gasteiger partial charge is 0.370 e. The van der Waals surface area contributed by atoms with Crippen LogP contribution in [0.1, 0.15) is 29.7 Å². The third-order valence-electron chi connectivity index (χ3n) is 5.31. The Balaban J connectivity index is 1.39. The van der Waals surface area contributed by atoms with Crippen molar-refractivity contribution < 1.29 is 8.91 Å². The highest BCUT2D eigenvalue weighted by atomic mass is 19.1. The Kier molecular flexibility index (Phi) is 6.60. The van der Waals surface area contributed by atoms with E-state index in [2.05, 4.69) is 27.6 Å². The van der Waals surface area contributed by atoms with Gasteiger partial charge in [0.15, 0.2) is 11.8 Å². The number of benzene rings is 3. The zero-order valence-corrected chi connectivity index (χ0v) is 17.8. The van der Waals surface area contributed by atoms with Crippen molar-refractivity contribution in [3.8, 4) is 11.1 Å². The van der Waals surface area contributed by atoms with Gasteiger partial charge in [0.1, 0.15) is 11.6 Å². The Hall–Kier alpha value is -3.93. The standard InChI is InChI=1S/C26H25FN4O/c1-18(21-12-13-22(23(27)16-21)20-10-6-3-7-11-20)24-17-25(31-32-24)30-26(28)29-15-14-19-8-4-2-5-9-19/h2-13,16-18H,14-15H2,1H3,(H3,28,29,30,31). The van der Waals surface area contributed by atoms with Crippen molar-refractivity contribution in [2.75, 3.05) is 11.9 Å². The van der Waals surface area contributed by atoms with E-state index in [0.717, 1.165) is 17.5 Å². The number of aromatic nitrogens is 1. The highest BCUT2D eigenvalue weighted by molar-refractivity contribution is 5.91. The zero-order valence-electron chi connectivity index (χ0n) is 17.8. The molecule has 0 saturated carbocycles. The Morgan fingerprint density at radius 2 is 1.75 bits per heavy atom. The molecule has 0 radical (unpaired) electrons. The van der Waals surface area contributed by atoms with Gasteiger partial charge in [-0.15, -0.1) is 0 Å². The molecule has 0 aliphatic carbocycles. The van der Waals surface area contributed by atoms with E-state index < -0.39 is 0 Å². The number of nitrogens with zero attached hydrogens (tertiary/aromatic N) is 2. The lowest BCUT2D eigenvalue weighted by Gasteiger charge is -2.10. The van der Waals surface area contributed by atoms with Gasteiger partial charge in [0.2, 0.25) is 0 Å². The van der Waals surface area contributed by atoms with Gasteiger partial charge in [-0.05, 0) is 29.2 Å². The first-order valence-electron chi connectivity index (χ1n) is 10.5. The summed E-state index contributed by atoms with van der Waals surface area (Å²) in [6.07, 6.45) is 0.800. The van der Waals surface area contributed by atoms with Gasteiger partial charge in [-0.2, -0.15) is 0 Å². The molecule has 32 heavy (non-hydrogen) atoms. The Morgan fingerprint density at radius 1 is 1.03 bits per heavy atom. The van der Waals surface area contributed by atoms with Crippen LogP contribution in [0.5, 0.6) is 0 Å². The number of aliphatic imine (C=N–C) groups is 1. The maximum absolute atomic E-state index is 14.7. The molecule has 1 unspecified atom stereocenters. The van der Waals surface area contributed by atoms with Gasteiger partial charge in [-0.1, -0.05) is 84.9 Å². The molecule has 4 rings (SSSR count). The van der Waals surface area contributed by atoms with Crippen LogP contribution in [0, 0.1) is 5.82 Å². The minimum Gasteiger partial charge on any atom is -0.370 e. The van der Waals surface area contributed by atoms with E-state index in [9.17, 15) is 4.39 Å². The fraction of sp³-hybridized carbons (Fsp3) is 0.154. The number of nitrogens with one attached hydrogen (secondary N) is 1. The van der Waals surface area contributed by atoms with Gasteiger partial charge in [0.05, 0.1) is 0 Å². The third-order valence-corrected chi connectivity index (χ3v) is 5.31. The molecule has 0 amide bonds. The molecule has 6 heteroatoms. The van der Waals surface area contributed by atoms with Gasteiger partial charge < -0.3 is 15.6 Å². The van der Waals surface area contributed by atoms with Crippen molar-refractivity contribution in [3.63, 3.8) is 0 Å². The van der Waals surface area contributed by atoms with Gasteiger partial charge in [-0.3, -0.25) is 4.99 Å². The second kappa shape index (κ2) is 9.92. The number of anilines is 1. The number of halogens is 1. The molecule has 1 atom stereocenters. The van der Waals surface area contributed by atoms with Crippen LogP contribution in [0.15, 0.2) is 94.4 Å². The van der Waals surface area contributed by atoms with E-state index in [4.69, 9.17) is 10.3 Å². The van der Waals surface area contributed by atoms with E-state index >= 15 is 0 Å². The second-order valence-electron chi connectivity index (χ2n) is 7.57. The van der Waals surface area contributed by atoms with Crippen LogP contribution in [-0.4, -0.2) is 17.7 Å². The highest BCUT2D eigenvalue weighted by Crippen LogP contribution is 2.30. The van der Waals surface area contributed by atoms with Crippen molar-refractivity contribution in [1.82, 2.24) is 5.16 Å². The summed E-state index contributed by atoms with van der Waals surface area (Å²) in [4.78, 5) is 4.33. The van der Waals surface area contributed by atoms with Crippen LogP contribution >= 0.6 is 0 Å². The predicted molar refractivity (Wildman–Crippen MR) is 126 cm³/mol. The summed E-state index contributed by atoms with van der Waals surface area (Å²) in [6.45, 7) is 2.51. The van der Waals surface area contributed by atoms with Gasteiger partial charge in [0.25, 0.3) is 0 Å². The minimum atomic E-state index is -0.270. The van der Waals surface area contributed by atoms with E-state index in [-0.39, 0.29) is 17.7 Å². The van der Waals surface area contributed by atoms with Gasteiger partial charge >= 0.3 is 0 Å². The Bertz CT molecular complexity index is 1190.